The van der Waals surface area contributed by atoms with E-state index in [1.165, 1.54) is 0 Å². The fraction of sp³-hybridized carbons (Fsp3) is 0.778. The molecular formula is C9H14O5. The fourth-order valence-corrected chi connectivity index (χ4v) is 0.931. The highest BCUT2D eigenvalue weighted by molar-refractivity contribution is 5.72. The largest absolute Gasteiger partial charge is 0.508 e. The molecule has 5 nitrogen and oxygen atoms in total. The lowest BCUT2D eigenvalue weighted by molar-refractivity contribution is -0.150. The van der Waals surface area contributed by atoms with Crippen LogP contribution in [0.5, 0.6) is 0 Å². The summed E-state index contributed by atoms with van der Waals surface area (Å²) >= 11 is 0. The third kappa shape index (κ3) is 2.90. The molecule has 2 atom stereocenters. The Hall–Kier alpha value is -1.26. The van der Waals surface area contributed by atoms with E-state index in [2.05, 4.69) is 9.47 Å². The van der Waals surface area contributed by atoms with E-state index in [0.717, 1.165) is 6.42 Å². The summed E-state index contributed by atoms with van der Waals surface area (Å²) in [6, 6.07) is 0. The molecule has 0 amide bonds. The number of hydrogen-bond acceptors (Lipinski definition) is 5. The molecule has 1 aliphatic rings. The number of carbonyl (C=O) groups is 2. The van der Waals surface area contributed by atoms with Crippen LogP contribution in [0.1, 0.15) is 20.3 Å². The van der Waals surface area contributed by atoms with Crippen molar-refractivity contribution in [3.05, 3.63) is 0 Å². The summed E-state index contributed by atoms with van der Waals surface area (Å²) in [6.07, 6.45) is -0.412. The van der Waals surface area contributed by atoms with Crippen molar-refractivity contribution in [2.45, 2.75) is 26.4 Å². The van der Waals surface area contributed by atoms with Crippen LogP contribution in [0, 0.1) is 5.92 Å². The highest BCUT2D eigenvalue weighted by atomic mass is 16.8. The van der Waals surface area contributed by atoms with Gasteiger partial charge in [0.1, 0.15) is 13.2 Å². The molecule has 14 heavy (non-hydrogen) atoms. The van der Waals surface area contributed by atoms with Crippen molar-refractivity contribution in [3.8, 4) is 0 Å². The summed E-state index contributed by atoms with van der Waals surface area (Å²) in [4.78, 5) is 21.7. The summed E-state index contributed by atoms with van der Waals surface area (Å²) in [5.74, 6) is -0.386. The first-order valence-electron chi connectivity index (χ1n) is 4.63. The minimum absolute atomic E-state index is 0.0783. The highest BCUT2D eigenvalue weighted by Crippen LogP contribution is 2.08. The molecule has 5 heteroatoms. The van der Waals surface area contributed by atoms with E-state index >= 15 is 0 Å². The maximum absolute atomic E-state index is 11.2. The van der Waals surface area contributed by atoms with Crippen LogP contribution in [-0.4, -0.2) is 31.4 Å². The van der Waals surface area contributed by atoms with E-state index in [1.807, 2.05) is 6.92 Å². The molecule has 0 aromatic rings. The minimum atomic E-state index is -0.699. The number of cyclic esters (lactones) is 2. The van der Waals surface area contributed by atoms with Crippen LogP contribution in [0.2, 0.25) is 0 Å². The quantitative estimate of drug-likeness (QED) is 0.639. The van der Waals surface area contributed by atoms with Gasteiger partial charge in [-0.05, 0) is 6.42 Å². The van der Waals surface area contributed by atoms with Gasteiger partial charge in [-0.3, -0.25) is 4.79 Å². The van der Waals surface area contributed by atoms with Gasteiger partial charge in [-0.25, -0.2) is 4.79 Å². The first-order valence-corrected chi connectivity index (χ1v) is 4.63. The SMILES string of the molecule is CCC(C)C(=O)OCC1COC(=O)O1. The molecule has 1 fully saturated rings. The maximum Gasteiger partial charge on any atom is 0.508 e. The standard InChI is InChI=1S/C9H14O5/c1-3-6(2)8(10)12-4-7-5-13-9(11)14-7/h6-7H,3-5H2,1-2H3. The Kier molecular flexibility index (Phi) is 3.73. The highest BCUT2D eigenvalue weighted by Gasteiger charge is 2.26. The van der Waals surface area contributed by atoms with Crippen molar-refractivity contribution < 1.29 is 23.8 Å². The smallest absolute Gasteiger partial charge is 0.461 e. The Balaban J connectivity index is 2.20. The van der Waals surface area contributed by atoms with Crippen molar-refractivity contribution in [1.29, 1.82) is 0 Å². The van der Waals surface area contributed by atoms with Gasteiger partial charge in [0.15, 0.2) is 6.10 Å². The van der Waals surface area contributed by atoms with E-state index in [4.69, 9.17) is 4.74 Å². The Morgan fingerprint density at radius 2 is 2.43 bits per heavy atom. The third-order valence-corrected chi connectivity index (χ3v) is 2.08. The lowest BCUT2D eigenvalue weighted by Crippen LogP contribution is -2.23. The Labute approximate surface area is 82.3 Å². The van der Waals surface area contributed by atoms with E-state index in [-0.39, 0.29) is 25.1 Å². The van der Waals surface area contributed by atoms with Crippen molar-refractivity contribution in [1.82, 2.24) is 0 Å². The van der Waals surface area contributed by atoms with E-state index < -0.39 is 12.3 Å². The molecule has 0 radical (unpaired) electrons. The molecule has 1 heterocycles. The molecule has 80 valence electrons. The number of carbonyl (C=O) groups excluding carboxylic acids is 2. The Morgan fingerprint density at radius 1 is 1.71 bits per heavy atom. The van der Waals surface area contributed by atoms with Crippen molar-refractivity contribution in [2.24, 2.45) is 5.92 Å². The average molecular weight is 202 g/mol. The van der Waals surface area contributed by atoms with E-state index in [0.29, 0.717) is 0 Å². The van der Waals surface area contributed by atoms with Gasteiger partial charge < -0.3 is 14.2 Å². The molecule has 1 aliphatic heterocycles. The normalized spacial score (nSPS) is 22.4. The minimum Gasteiger partial charge on any atom is -0.461 e. The monoisotopic (exact) mass is 202 g/mol. The summed E-state index contributed by atoms with van der Waals surface area (Å²) in [5.41, 5.74) is 0. The van der Waals surface area contributed by atoms with Gasteiger partial charge >= 0.3 is 12.1 Å². The van der Waals surface area contributed by atoms with Gasteiger partial charge in [0, 0.05) is 0 Å². The number of ether oxygens (including phenoxy) is 3. The zero-order valence-corrected chi connectivity index (χ0v) is 8.32. The Morgan fingerprint density at radius 3 is 2.93 bits per heavy atom. The summed E-state index contributed by atoms with van der Waals surface area (Å²) in [5, 5.41) is 0. The molecule has 2 unspecified atom stereocenters. The van der Waals surface area contributed by atoms with Crippen LogP contribution in [0.4, 0.5) is 4.79 Å². The van der Waals surface area contributed by atoms with E-state index in [9.17, 15) is 9.59 Å². The molecule has 0 bridgehead atoms. The van der Waals surface area contributed by atoms with Crippen LogP contribution in [-0.2, 0) is 19.0 Å². The summed E-state index contributed by atoms with van der Waals surface area (Å²) in [6.45, 7) is 3.94. The zero-order chi connectivity index (χ0) is 10.6. The van der Waals surface area contributed by atoms with Crippen molar-refractivity contribution in [2.75, 3.05) is 13.2 Å². The van der Waals surface area contributed by atoms with Crippen LogP contribution in [0.15, 0.2) is 0 Å². The first kappa shape index (κ1) is 10.8. The lowest BCUT2D eigenvalue weighted by atomic mass is 10.1. The van der Waals surface area contributed by atoms with Crippen molar-refractivity contribution >= 4 is 12.1 Å². The molecule has 1 rings (SSSR count). The molecule has 0 saturated carbocycles. The molecule has 0 aromatic carbocycles. The van der Waals surface area contributed by atoms with Gasteiger partial charge in [0.05, 0.1) is 5.92 Å². The predicted octanol–water partition coefficient (Wildman–Crippen LogP) is 1.11. The Bertz CT molecular complexity index is 225. The second-order valence-electron chi connectivity index (χ2n) is 3.24. The summed E-state index contributed by atoms with van der Waals surface area (Å²) < 4.78 is 14.1. The summed E-state index contributed by atoms with van der Waals surface area (Å²) in [7, 11) is 0. The topological polar surface area (TPSA) is 61.8 Å². The number of esters is 1. The lowest BCUT2D eigenvalue weighted by Gasteiger charge is -2.10. The number of hydrogen-bond donors (Lipinski definition) is 0. The fourth-order valence-electron chi connectivity index (χ4n) is 0.931. The van der Waals surface area contributed by atoms with Crippen molar-refractivity contribution in [3.63, 3.8) is 0 Å². The van der Waals surface area contributed by atoms with Crippen LogP contribution in [0.3, 0.4) is 0 Å². The second kappa shape index (κ2) is 4.83. The molecular weight excluding hydrogens is 188 g/mol. The van der Waals surface area contributed by atoms with Crippen LogP contribution >= 0.6 is 0 Å². The molecule has 0 aliphatic carbocycles. The van der Waals surface area contributed by atoms with Gasteiger partial charge in [0.25, 0.3) is 0 Å². The average Bonchev–Trinajstić information content (AvgIpc) is 2.59. The van der Waals surface area contributed by atoms with Gasteiger partial charge in [-0.1, -0.05) is 13.8 Å². The molecule has 0 spiro atoms. The van der Waals surface area contributed by atoms with Gasteiger partial charge in [-0.15, -0.1) is 0 Å². The first-order chi connectivity index (χ1) is 6.63. The second-order valence-corrected chi connectivity index (χ2v) is 3.24. The zero-order valence-electron chi connectivity index (χ0n) is 8.32. The van der Waals surface area contributed by atoms with Crippen LogP contribution in [0.25, 0.3) is 0 Å². The maximum atomic E-state index is 11.2. The molecule has 0 aromatic heterocycles. The van der Waals surface area contributed by atoms with Gasteiger partial charge in [-0.2, -0.15) is 0 Å². The van der Waals surface area contributed by atoms with E-state index in [1.54, 1.807) is 6.92 Å². The van der Waals surface area contributed by atoms with Gasteiger partial charge in [0.2, 0.25) is 0 Å². The predicted molar refractivity (Wildman–Crippen MR) is 46.6 cm³/mol. The number of rotatable bonds is 4. The third-order valence-electron chi connectivity index (χ3n) is 2.08. The molecule has 1 saturated heterocycles. The van der Waals surface area contributed by atoms with Crippen LogP contribution < -0.4 is 0 Å². The molecule has 0 N–H and O–H groups in total.